The normalized spacial score (nSPS) is 14.7. The number of aromatic nitrogens is 1. The van der Waals surface area contributed by atoms with Gasteiger partial charge in [-0.2, -0.15) is 0 Å². The number of carbonyl (C=O) groups is 2. The van der Waals surface area contributed by atoms with E-state index in [1.165, 1.54) is 11.3 Å². The predicted molar refractivity (Wildman–Crippen MR) is 108 cm³/mol. The highest BCUT2D eigenvalue weighted by molar-refractivity contribution is 9.10. The summed E-state index contributed by atoms with van der Waals surface area (Å²) in [5.41, 5.74) is 0.543. The van der Waals surface area contributed by atoms with Crippen molar-refractivity contribution in [2.45, 2.75) is 0 Å². The van der Waals surface area contributed by atoms with Gasteiger partial charge in [-0.3, -0.25) is 14.5 Å². The third-order valence-electron chi connectivity index (χ3n) is 4.19. The average molecular weight is 453 g/mol. The lowest BCUT2D eigenvalue weighted by atomic mass is 10.2. The van der Waals surface area contributed by atoms with Crippen molar-refractivity contribution < 1.29 is 14.3 Å². The Hall–Kier alpha value is -1.81. The van der Waals surface area contributed by atoms with Crippen LogP contribution in [0.5, 0.6) is 0 Å². The summed E-state index contributed by atoms with van der Waals surface area (Å²) >= 11 is 4.77. The van der Waals surface area contributed by atoms with Crippen LogP contribution in [0.4, 0.5) is 5.13 Å². The van der Waals surface area contributed by atoms with Crippen LogP contribution in [0.2, 0.25) is 0 Å². The molecule has 1 aromatic carbocycles. The Kier molecular flexibility index (Phi) is 7.33. The lowest BCUT2D eigenvalue weighted by molar-refractivity contribution is -0.117. The maximum atomic E-state index is 13.0. The van der Waals surface area contributed by atoms with Crippen LogP contribution in [-0.2, 0) is 9.53 Å². The number of thiazole rings is 1. The highest BCUT2D eigenvalue weighted by atomic mass is 79.9. The molecule has 1 aliphatic rings. The van der Waals surface area contributed by atoms with Gasteiger partial charge in [-0.05, 0) is 28.1 Å². The molecular formula is C18H21BrN4O3S. The van der Waals surface area contributed by atoms with E-state index in [4.69, 9.17) is 4.74 Å². The number of morpholine rings is 1. The molecule has 0 aliphatic carbocycles. The smallest absolute Gasteiger partial charge is 0.255 e. The number of anilines is 1. The zero-order chi connectivity index (χ0) is 19.1. The van der Waals surface area contributed by atoms with Crippen LogP contribution in [0.15, 0.2) is 40.3 Å². The first-order chi connectivity index (χ1) is 13.1. The van der Waals surface area contributed by atoms with Crippen molar-refractivity contribution >= 4 is 44.2 Å². The third-order valence-corrected chi connectivity index (χ3v) is 5.57. The van der Waals surface area contributed by atoms with E-state index in [1.807, 2.05) is 18.2 Å². The SMILES string of the molecule is O=C(CN(CCN1CCOCC1)C(=O)c1ccccc1Br)Nc1nccs1. The van der Waals surface area contributed by atoms with E-state index in [9.17, 15) is 9.59 Å². The summed E-state index contributed by atoms with van der Waals surface area (Å²) in [6.07, 6.45) is 1.63. The molecule has 2 amide bonds. The lowest BCUT2D eigenvalue weighted by Gasteiger charge is -2.30. The number of benzene rings is 1. The van der Waals surface area contributed by atoms with E-state index in [2.05, 4.69) is 31.1 Å². The fourth-order valence-electron chi connectivity index (χ4n) is 2.76. The molecular weight excluding hydrogens is 432 g/mol. The Morgan fingerprint density at radius 1 is 1.30 bits per heavy atom. The number of rotatable bonds is 7. The van der Waals surface area contributed by atoms with Crippen LogP contribution in [0.1, 0.15) is 10.4 Å². The standard InChI is InChI=1S/C18H21BrN4O3S/c19-15-4-2-1-3-14(15)17(25)23(7-6-22-8-10-26-11-9-22)13-16(24)21-18-20-5-12-27-18/h1-5,12H,6-11,13H2,(H,20,21,24). The van der Waals surface area contributed by atoms with Crippen molar-refractivity contribution in [3.8, 4) is 0 Å². The summed E-state index contributed by atoms with van der Waals surface area (Å²) in [5, 5.41) is 5.06. The molecule has 1 fully saturated rings. The molecule has 0 radical (unpaired) electrons. The van der Waals surface area contributed by atoms with Crippen LogP contribution < -0.4 is 5.32 Å². The van der Waals surface area contributed by atoms with Crippen LogP contribution in [-0.4, -0.2) is 72.5 Å². The molecule has 3 rings (SSSR count). The highest BCUT2D eigenvalue weighted by Crippen LogP contribution is 2.18. The van der Waals surface area contributed by atoms with Crippen molar-refractivity contribution in [1.82, 2.24) is 14.8 Å². The number of carbonyl (C=O) groups excluding carboxylic acids is 2. The molecule has 1 saturated heterocycles. The van der Waals surface area contributed by atoms with Crippen molar-refractivity contribution in [3.05, 3.63) is 45.9 Å². The van der Waals surface area contributed by atoms with Crippen LogP contribution >= 0.6 is 27.3 Å². The topological polar surface area (TPSA) is 74.8 Å². The van der Waals surface area contributed by atoms with Gasteiger partial charge in [0.15, 0.2) is 5.13 Å². The molecule has 0 bridgehead atoms. The Labute approximate surface area is 170 Å². The molecule has 0 saturated carbocycles. The first-order valence-electron chi connectivity index (χ1n) is 8.67. The monoisotopic (exact) mass is 452 g/mol. The quantitative estimate of drug-likeness (QED) is 0.697. The van der Waals surface area contributed by atoms with Crippen LogP contribution in [0, 0.1) is 0 Å². The number of hydrogen-bond donors (Lipinski definition) is 1. The van der Waals surface area contributed by atoms with E-state index in [-0.39, 0.29) is 18.4 Å². The Balaban J connectivity index is 1.68. The minimum atomic E-state index is -0.257. The summed E-state index contributed by atoms with van der Waals surface area (Å²) in [4.78, 5) is 33.3. The number of nitrogens with one attached hydrogen (secondary N) is 1. The van der Waals surface area contributed by atoms with Gasteiger partial charge in [0.25, 0.3) is 5.91 Å². The van der Waals surface area contributed by atoms with Crippen molar-refractivity contribution in [2.75, 3.05) is 51.3 Å². The second-order valence-electron chi connectivity index (χ2n) is 6.05. The molecule has 7 nitrogen and oxygen atoms in total. The minimum absolute atomic E-state index is 0.0237. The van der Waals surface area contributed by atoms with E-state index >= 15 is 0 Å². The number of nitrogens with zero attached hydrogens (tertiary/aromatic N) is 3. The molecule has 2 aromatic rings. The summed E-state index contributed by atoms with van der Waals surface area (Å²) in [7, 11) is 0. The van der Waals surface area contributed by atoms with E-state index < -0.39 is 0 Å². The van der Waals surface area contributed by atoms with Gasteiger partial charge < -0.3 is 15.0 Å². The second kappa shape index (κ2) is 9.93. The van der Waals surface area contributed by atoms with E-state index in [1.54, 1.807) is 22.5 Å². The van der Waals surface area contributed by atoms with Gasteiger partial charge >= 0.3 is 0 Å². The van der Waals surface area contributed by atoms with E-state index in [0.717, 1.165) is 13.1 Å². The molecule has 1 aromatic heterocycles. The third kappa shape index (κ3) is 5.83. The first kappa shape index (κ1) is 19.9. The molecule has 1 aliphatic heterocycles. The summed E-state index contributed by atoms with van der Waals surface area (Å²) in [6, 6.07) is 7.25. The van der Waals surface area contributed by atoms with Gasteiger partial charge in [-0.1, -0.05) is 12.1 Å². The van der Waals surface area contributed by atoms with Gasteiger partial charge in [0.05, 0.1) is 18.8 Å². The molecule has 27 heavy (non-hydrogen) atoms. The number of amides is 2. The molecule has 144 valence electrons. The fourth-order valence-corrected chi connectivity index (χ4v) is 3.76. The van der Waals surface area contributed by atoms with E-state index in [0.29, 0.717) is 41.5 Å². The number of ether oxygens (including phenoxy) is 1. The minimum Gasteiger partial charge on any atom is -0.379 e. The summed E-state index contributed by atoms with van der Waals surface area (Å²) in [6.45, 7) is 4.20. The number of halogens is 1. The average Bonchev–Trinajstić information content (AvgIpc) is 3.18. The van der Waals surface area contributed by atoms with Gasteiger partial charge in [0.2, 0.25) is 5.91 Å². The largest absolute Gasteiger partial charge is 0.379 e. The first-order valence-corrected chi connectivity index (χ1v) is 10.3. The maximum absolute atomic E-state index is 13.0. The second-order valence-corrected chi connectivity index (χ2v) is 7.79. The van der Waals surface area contributed by atoms with Gasteiger partial charge in [-0.25, -0.2) is 4.98 Å². The number of hydrogen-bond acceptors (Lipinski definition) is 6. The molecule has 0 spiro atoms. The van der Waals surface area contributed by atoms with Crippen molar-refractivity contribution in [1.29, 1.82) is 0 Å². The van der Waals surface area contributed by atoms with Gasteiger partial charge in [0, 0.05) is 42.2 Å². The van der Waals surface area contributed by atoms with Crippen LogP contribution in [0.3, 0.4) is 0 Å². The molecule has 9 heteroatoms. The Morgan fingerprint density at radius 3 is 2.78 bits per heavy atom. The Morgan fingerprint density at radius 2 is 2.07 bits per heavy atom. The predicted octanol–water partition coefficient (Wildman–Crippen LogP) is 2.32. The lowest BCUT2D eigenvalue weighted by Crippen LogP contribution is -2.45. The van der Waals surface area contributed by atoms with Crippen molar-refractivity contribution in [2.24, 2.45) is 0 Å². The van der Waals surface area contributed by atoms with Crippen LogP contribution in [0.25, 0.3) is 0 Å². The fraction of sp³-hybridized carbons (Fsp3) is 0.389. The summed E-state index contributed by atoms with van der Waals surface area (Å²) in [5.74, 6) is -0.433. The zero-order valence-electron chi connectivity index (χ0n) is 14.8. The maximum Gasteiger partial charge on any atom is 0.255 e. The molecule has 0 atom stereocenters. The zero-order valence-corrected chi connectivity index (χ0v) is 17.2. The van der Waals surface area contributed by atoms with Gasteiger partial charge in [-0.15, -0.1) is 11.3 Å². The Bertz CT molecular complexity index is 766. The summed E-state index contributed by atoms with van der Waals surface area (Å²) < 4.78 is 6.08. The van der Waals surface area contributed by atoms with Gasteiger partial charge in [0.1, 0.15) is 6.54 Å². The molecule has 2 heterocycles. The van der Waals surface area contributed by atoms with Crippen molar-refractivity contribution in [3.63, 3.8) is 0 Å². The molecule has 0 unspecified atom stereocenters. The molecule has 1 N–H and O–H groups in total. The highest BCUT2D eigenvalue weighted by Gasteiger charge is 2.22.